The van der Waals surface area contributed by atoms with E-state index in [1.54, 1.807) is 79.6 Å². The number of hydrogen-bond donors (Lipinski definition) is 4. The largest absolute Gasteiger partial charge is 0.431 e. The first-order chi connectivity index (χ1) is 43.1. The van der Waals surface area contributed by atoms with E-state index in [-0.39, 0.29) is 103 Å². The maximum Gasteiger partial charge on any atom is 0.411 e. The van der Waals surface area contributed by atoms with Gasteiger partial charge in [0.25, 0.3) is 5.91 Å². The second-order valence-electron chi connectivity index (χ2n) is 26.6. The first kappa shape index (κ1) is 75.1. The van der Waals surface area contributed by atoms with Crippen molar-refractivity contribution in [2.24, 2.45) is 58.8 Å². The standard InChI is InChI=1S/C69H106N10O11S/c1-15-45(8)62(58(89-14)41-59(83)79-31-20-24-54(79)46(9)47(10)55(80)39-51(65-72-30-36-91-65)37-48-21-17-16-18-22-48)76(12)66(85)53(42(2)3)40-57(82)61(44(6)7)77(13)69(88)90-63(67(86)78-34-32-75(11)33-35-78)49-25-27-52(28-26-49)74-64(84)50(23-19-29-73-68(71)87)38-56(81)60(70)43(4)5/h16-18,21-22,25-28,30,36,42-47,50-51,53-54,58,60-63H,15,19-20,23-24,29,31-35,37-41,70H2,1-14H3,(H,74,84)(H3,71,73,87)/t45-,46+,47+,50+,51+,53-,54-,58+,60-,61-,62-,63?/m0/s1. The summed E-state index contributed by atoms with van der Waals surface area (Å²) in [4.78, 5) is 139. The van der Waals surface area contributed by atoms with E-state index in [0.29, 0.717) is 69.7 Å². The molecule has 2 saturated heterocycles. The van der Waals surface area contributed by atoms with Crippen molar-refractivity contribution in [3.05, 3.63) is 82.3 Å². The number of aromatic nitrogens is 1. The molecule has 6 N–H and O–H groups in total. The maximum atomic E-state index is 15.1. The number of carbonyl (C=O) groups is 9. The number of methoxy groups -OCH3 is 1. The van der Waals surface area contributed by atoms with Gasteiger partial charge in [-0.3, -0.25) is 33.6 Å². The van der Waals surface area contributed by atoms with Crippen LogP contribution in [0.4, 0.5) is 15.3 Å². The van der Waals surface area contributed by atoms with Crippen LogP contribution in [0.5, 0.6) is 0 Å². The lowest BCUT2D eigenvalue weighted by Crippen LogP contribution is -2.54. The molecule has 7 amide bonds. The van der Waals surface area contributed by atoms with Gasteiger partial charge >= 0.3 is 12.1 Å². The Bertz CT molecular complexity index is 2850. The quantitative estimate of drug-likeness (QED) is 0.0401. The number of likely N-dealkylation sites (tertiary alicyclic amines) is 1. The number of nitrogens with zero attached hydrogens (tertiary/aromatic N) is 6. The molecule has 0 saturated carbocycles. The Balaban J connectivity index is 1.30. The summed E-state index contributed by atoms with van der Waals surface area (Å²) in [7, 11) is 6.67. The Labute approximate surface area is 544 Å². The van der Waals surface area contributed by atoms with Gasteiger partial charge in [-0.1, -0.05) is 118 Å². The number of hydrogen-bond acceptors (Lipinski definition) is 15. The molecule has 2 aliphatic rings. The zero-order valence-corrected chi connectivity index (χ0v) is 57.4. The van der Waals surface area contributed by atoms with Crippen LogP contribution in [-0.4, -0.2) is 180 Å². The molecule has 91 heavy (non-hydrogen) atoms. The van der Waals surface area contributed by atoms with E-state index in [1.165, 1.54) is 11.9 Å². The molecule has 2 aromatic carbocycles. The van der Waals surface area contributed by atoms with E-state index in [0.717, 1.165) is 23.4 Å². The number of piperazine rings is 1. The number of amides is 7. The Morgan fingerprint density at radius 1 is 0.780 bits per heavy atom. The minimum atomic E-state index is -1.45. The van der Waals surface area contributed by atoms with Crippen LogP contribution in [0.15, 0.2) is 66.2 Å². The smallest absolute Gasteiger partial charge is 0.411 e. The second-order valence-corrected chi connectivity index (χ2v) is 27.5. The highest BCUT2D eigenvalue weighted by molar-refractivity contribution is 7.09. The van der Waals surface area contributed by atoms with Crippen LogP contribution >= 0.6 is 11.3 Å². The van der Waals surface area contributed by atoms with E-state index in [2.05, 4.69) is 39.6 Å². The average molecular weight is 1280 g/mol. The van der Waals surface area contributed by atoms with E-state index < -0.39 is 72.0 Å². The number of thiazole rings is 1. The van der Waals surface area contributed by atoms with Crippen LogP contribution in [0, 0.1) is 47.3 Å². The van der Waals surface area contributed by atoms with Gasteiger partial charge in [-0.15, -0.1) is 11.3 Å². The summed E-state index contributed by atoms with van der Waals surface area (Å²) in [5, 5.41) is 8.25. The van der Waals surface area contributed by atoms with Crippen molar-refractivity contribution in [3.63, 3.8) is 0 Å². The predicted octanol–water partition coefficient (Wildman–Crippen LogP) is 8.76. The molecule has 3 aromatic rings. The molecule has 1 aromatic heterocycles. The lowest BCUT2D eigenvalue weighted by molar-refractivity contribution is -0.148. The maximum absolute atomic E-state index is 15.1. The van der Waals surface area contributed by atoms with Crippen molar-refractivity contribution in [1.82, 2.24) is 34.8 Å². The van der Waals surface area contributed by atoms with Crippen LogP contribution in [0.25, 0.3) is 0 Å². The highest BCUT2D eigenvalue weighted by Crippen LogP contribution is 2.36. The van der Waals surface area contributed by atoms with Crippen molar-refractivity contribution in [3.8, 4) is 0 Å². The average Bonchev–Trinajstić information content (AvgIpc) is 1.90. The van der Waals surface area contributed by atoms with Crippen molar-refractivity contribution in [2.45, 2.75) is 176 Å². The molecule has 5 rings (SSSR count). The van der Waals surface area contributed by atoms with Gasteiger partial charge in [-0.2, -0.15) is 0 Å². The third-order valence-corrected chi connectivity index (χ3v) is 20.0. The van der Waals surface area contributed by atoms with Gasteiger partial charge in [-0.05, 0) is 86.4 Å². The first-order valence-electron chi connectivity index (χ1n) is 32.8. The SMILES string of the molecule is CC[C@H](C)[C@@H]([C@@H](CC(=O)N1CCC[C@H]1[C@H](C)[C@@H](C)C(=O)C[C@@H](Cc1ccccc1)c1nccs1)OC)N(C)C(=O)[C@@H](CC(=O)[C@H](C(C)C)N(C)C(=O)OC(C(=O)N1CCN(C)CC1)c1ccc(NC(=O)[C@H](CCCNC(N)=O)CC(=O)[C@@H](N)C(C)C)cc1)C(C)C. The van der Waals surface area contributed by atoms with E-state index in [9.17, 15) is 38.4 Å². The number of ketones is 3. The summed E-state index contributed by atoms with van der Waals surface area (Å²) >= 11 is 1.56. The molecule has 21 nitrogen and oxygen atoms in total. The van der Waals surface area contributed by atoms with Crippen LogP contribution < -0.4 is 22.1 Å². The highest BCUT2D eigenvalue weighted by atomic mass is 32.1. The minimum Gasteiger partial charge on any atom is -0.431 e. The molecule has 2 fully saturated rings. The highest BCUT2D eigenvalue weighted by Gasteiger charge is 2.44. The number of ether oxygens (including phenoxy) is 2. The fourth-order valence-electron chi connectivity index (χ4n) is 12.9. The monoisotopic (exact) mass is 1280 g/mol. The molecule has 0 aliphatic carbocycles. The summed E-state index contributed by atoms with van der Waals surface area (Å²) < 4.78 is 12.4. The molecule has 22 heteroatoms. The Morgan fingerprint density at radius 3 is 2.01 bits per heavy atom. The van der Waals surface area contributed by atoms with Gasteiger partial charge in [0.05, 0.1) is 35.7 Å². The summed E-state index contributed by atoms with van der Waals surface area (Å²) in [6, 6.07) is 13.2. The number of primary amides is 1. The fraction of sp³-hybridized carbons (Fsp3) is 0.652. The number of carbonyl (C=O) groups excluding carboxylic acids is 9. The molecule has 2 aliphatic heterocycles. The third-order valence-electron chi connectivity index (χ3n) is 19.1. The Hall–Kier alpha value is -6.62. The first-order valence-corrected chi connectivity index (χ1v) is 33.7. The van der Waals surface area contributed by atoms with E-state index >= 15 is 4.79 Å². The van der Waals surface area contributed by atoms with E-state index in [4.69, 9.17) is 20.9 Å². The Kier molecular flexibility index (Phi) is 29.7. The topological polar surface area (TPSA) is 277 Å². The zero-order chi connectivity index (χ0) is 67.4. The zero-order valence-electron chi connectivity index (χ0n) is 56.6. The lowest BCUT2D eigenvalue weighted by atomic mass is 9.81. The Morgan fingerprint density at radius 2 is 1.44 bits per heavy atom. The third kappa shape index (κ3) is 21.2. The minimum absolute atomic E-state index is 0.00273. The number of anilines is 1. The van der Waals surface area contributed by atoms with Gasteiger partial charge in [0.1, 0.15) is 5.78 Å². The molecule has 0 bridgehead atoms. The van der Waals surface area contributed by atoms with Crippen LogP contribution in [0.2, 0.25) is 0 Å². The van der Waals surface area contributed by atoms with Gasteiger partial charge in [0.15, 0.2) is 11.6 Å². The number of nitrogens with one attached hydrogen (secondary N) is 2. The summed E-state index contributed by atoms with van der Waals surface area (Å²) in [5.74, 6) is -4.96. The normalized spacial score (nSPS) is 18.2. The van der Waals surface area contributed by atoms with Crippen molar-refractivity contribution in [2.75, 3.05) is 72.8 Å². The van der Waals surface area contributed by atoms with Gasteiger partial charge in [0, 0.05) is 132 Å². The second kappa shape index (κ2) is 36.0. The van der Waals surface area contributed by atoms with Crippen LogP contribution in [0.1, 0.15) is 155 Å². The lowest BCUT2D eigenvalue weighted by Gasteiger charge is -2.41. The van der Waals surface area contributed by atoms with Gasteiger partial charge in [0.2, 0.25) is 23.8 Å². The van der Waals surface area contributed by atoms with Gasteiger partial charge < -0.3 is 56.1 Å². The van der Waals surface area contributed by atoms with Gasteiger partial charge in [-0.25, -0.2) is 14.6 Å². The summed E-state index contributed by atoms with van der Waals surface area (Å²) in [6.45, 7) is 21.8. The van der Waals surface area contributed by atoms with Crippen LogP contribution in [-0.2, 0) is 49.5 Å². The molecular formula is C69H106N10O11S. The molecule has 12 atom stereocenters. The number of rotatable bonds is 35. The summed E-state index contributed by atoms with van der Waals surface area (Å²) in [6.07, 6.45) is 2.27. The number of Topliss-reactive ketones (excluding diaryl/α,β-unsaturated/α-hetero) is 3. The molecule has 504 valence electrons. The number of nitrogens with two attached hydrogens (primary N) is 2. The number of likely N-dealkylation sites (N-methyl/N-ethyl adjacent to an activating group) is 3. The van der Waals surface area contributed by atoms with E-state index in [1.807, 2.05) is 84.0 Å². The number of urea groups is 1. The van der Waals surface area contributed by atoms with Crippen molar-refractivity contribution < 1.29 is 52.6 Å². The van der Waals surface area contributed by atoms with Crippen molar-refractivity contribution >= 4 is 70.1 Å². The molecule has 0 radical (unpaired) electrons. The molecule has 1 unspecified atom stereocenters. The molecular weight excluding hydrogens is 1180 g/mol. The summed E-state index contributed by atoms with van der Waals surface area (Å²) in [5.41, 5.74) is 13.2. The number of benzene rings is 2. The van der Waals surface area contributed by atoms with Crippen LogP contribution in [0.3, 0.4) is 0 Å². The predicted molar refractivity (Wildman–Crippen MR) is 355 cm³/mol. The van der Waals surface area contributed by atoms with Crippen molar-refractivity contribution in [1.29, 1.82) is 0 Å². The molecule has 3 heterocycles. The molecule has 0 spiro atoms. The fourth-order valence-corrected chi connectivity index (χ4v) is 13.7.